The zero-order valence-electron chi connectivity index (χ0n) is 6.61. The molecule has 0 spiro atoms. The highest BCUT2D eigenvalue weighted by molar-refractivity contribution is 6.31. The first-order valence-electron chi connectivity index (χ1n) is 3.38. The van der Waals surface area contributed by atoms with Gasteiger partial charge in [-0.25, -0.2) is 0 Å². The van der Waals surface area contributed by atoms with Gasteiger partial charge in [0.15, 0.2) is 0 Å². The molecule has 11 heavy (non-hydrogen) atoms. The van der Waals surface area contributed by atoms with E-state index >= 15 is 0 Å². The van der Waals surface area contributed by atoms with Crippen LogP contribution in [-0.4, -0.2) is 7.05 Å². The number of nitrogens with one attached hydrogen (secondary N) is 1. The van der Waals surface area contributed by atoms with E-state index in [0.29, 0.717) is 10.7 Å². The Kier molecular flexibility index (Phi) is 2.25. The third-order valence-electron chi connectivity index (χ3n) is 1.58. The molecule has 0 aliphatic carbocycles. The van der Waals surface area contributed by atoms with Crippen LogP contribution in [-0.2, 0) is 0 Å². The first-order valence-corrected chi connectivity index (χ1v) is 3.76. The van der Waals surface area contributed by atoms with E-state index in [1.807, 2.05) is 20.0 Å². The highest BCUT2D eigenvalue weighted by atomic mass is 35.5. The topological polar surface area (TPSA) is 38.0 Å². The summed E-state index contributed by atoms with van der Waals surface area (Å²) in [4.78, 5) is 0. The molecule has 1 rings (SSSR count). The molecule has 1 aromatic rings. The Bertz CT molecular complexity index is 248. The van der Waals surface area contributed by atoms with E-state index in [1.54, 1.807) is 6.07 Å². The zero-order valence-corrected chi connectivity index (χ0v) is 7.37. The number of hydrogen-bond acceptors (Lipinski definition) is 2. The minimum Gasteiger partial charge on any atom is -0.397 e. The molecule has 0 aliphatic rings. The number of anilines is 2. The van der Waals surface area contributed by atoms with Crippen molar-refractivity contribution < 1.29 is 0 Å². The summed E-state index contributed by atoms with van der Waals surface area (Å²) in [5.74, 6) is 0. The van der Waals surface area contributed by atoms with Gasteiger partial charge in [0.2, 0.25) is 0 Å². The van der Waals surface area contributed by atoms with E-state index in [2.05, 4.69) is 5.32 Å². The fourth-order valence-electron chi connectivity index (χ4n) is 1.11. The first kappa shape index (κ1) is 8.21. The Balaban J connectivity index is 3.25. The summed E-state index contributed by atoms with van der Waals surface area (Å²) < 4.78 is 0. The average Bonchev–Trinajstić information content (AvgIpc) is 1.85. The van der Waals surface area contributed by atoms with Crippen LogP contribution in [0.5, 0.6) is 0 Å². The van der Waals surface area contributed by atoms with Gasteiger partial charge in [-0.2, -0.15) is 0 Å². The summed E-state index contributed by atoms with van der Waals surface area (Å²) in [6.07, 6.45) is 0. The molecule has 0 fully saturated rings. The lowest BCUT2D eigenvalue weighted by Crippen LogP contribution is -1.97. The molecular formula is C8H11ClN2. The second-order valence-corrected chi connectivity index (χ2v) is 2.87. The van der Waals surface area contributed by atoms with Gasteiger partial charge in [-0.1, -0.05) is 11.6 Å². The fraction of sp³-hybridized carbons (Fsp3) is 0.250. The van der Waals surface area contributed by atoms with Gasteiger partial charge < -0.3 is 11.1 Å². The summed E-state index contributed by atoms with van der Waals surface area (Å²) >= 11 is 5.77. The van der Waals surface area contributed by atoms with E-state index in [9.17, 15) is 0 Å². The lowest BCUT2D eigenvalue weighted by Gasteiger charge is -2.08. The molecule has 0 radical (unpaired) electrons. The van der Waals surface area contributed by atoms with Gasteiger partial charge in [0.05, 0.1) is 11.4 Å². The van der Waals surface area contributed by atoms with Crippen LogP contribution in [0.2, 0.25) is 5.02 Å². The van der Waals surface area contributed by atoms with Crippen molar-refractivity contribution in [3.05, 3.63) is 22.7 Å². The maximum atomic E-state index is 5.77. The lowest BCUT2D eigenvalue weighted by atomic mass is 10.2. The van der Waals surface area contributed by atoms with Gasteiger partial charge in [-0.05, 0) is 24.6 Å². The minimum atomic E-state index is 0.680. The van der Waals surface area contributed by atoms with Crippen molar-refractivity contribution in [2.45, 2.75) is 6.92 Å². The van der Waals surface area contributed by atoms with Crippen molar-refractivity contribution in [3.63, 3.8) is 0 Å². The number of aryl methyl sites for hydroxylation is 1. The zero-order chi connectivity index (χ0) is 8.43. The number of hydrogen-bond donors (Lipinski definition) is 2. The van der Waals surface area contributed by atoms with Gasteiger partial charge in [0, 0.05) is 12.1 Å². The number of rotatable bonds is 1. The third kappa shape index (κ3) is 1.57. The first-order chi connectivity index (χ1) is 5.15. The maximum Gasteiger partial charge on any atom is 0.0602 e. The van der Waals surface area contributed by atoms with Gasteiger partial charge >= 0.3 is 0 Å². The van der Waals surface area contributed by atoms with Gasteiger partial charge in [-0.15, -0.1) is 0 Å². The van der Waals surface area contributed by atoms with Crippen molar-refractivity contribution in [1.29, 1.82) is 0 Å². The Hall–Kier alpha value is -0.890. The van der Waals surface area contributed by atoms with Crippen LogP contribution in [0.3, 0.4) is 0 Å². The summed E-state index contributed by atoms with van der Waals surface area (Å²) in [5, 5.41) is 3.69. The Morgan fingerprint density at radius 1 is 1.45 bits per heavy atom. The molecule has 0 aliphatic heterocycles. The fourth-order valence-corrected chi connectivity index (χ4v) is 1.39. The SMILES string of the molecule is CNc1c(C)cc(Cl)cc1N. The van der Waals surface area contributed by atoms with Crippen LogP contribution in [0, 0.1) is 6.92 Å². The van der Waals surface area contributed by atoms with E-state index in [1.165, 1.54) is 0 Å². The van der Waals surface area contributed by atoms with Crippen molar-refractivity contribution in [3.8, 4) is 0 Å². The largest absolute Gasteiger partial charge is 0.397 e. The molecule has 0 amide bonds. The number of benzene rings is 1. The van der Waals surface area contributed by atoms with Crippen LogP contribution in [0.4, 0.5) is 11.4 Å². The van der Waals surface area contributed by atoms with Crippen molar-refractivity contribution >= 4 is 23.0 Å². The molecule has 0 saturated heterocycles. The van der Waals surface area contributed by atoms with E-state index < -0.39 is 0 Å². The average molecular weight is 171 g/mol. The van der Waals surface area contributed by atoms with Crippen molar-refractivity contribution in [2.24, 2.45) is 0 Å². The minimum absolute atomic E-state index is 0.680. The Labute approximate surface area is 71.4 Å². The lowest BCUT2D eigenvalue weighted by molar-refractivity contribution is 1.41. The smallest absolute Gasteiger partial charge is 0.0602 e. The van der Waals surface area contributed by atoms with Crippen molar-refractivity contribution in [1.82, 2.24) is 0 Å². The maximum absolute atomic E-state index is 5.77. The van der Waals surface area contributed by atoms with Crippen LogP contribution < -0.4 is 11.1 Å². The van der Waals surface area contributed by atoms with Crippen LogP contribution in [0.25, 0.3) is 0 Å². The Morgan fingerprint density at radius 2 is 2.09 bits per heavy atom. The van der Waals surface area contributed by atoms with E-state index in [-0.39, 0.29) is 0 Å². The van der Waals surface area contributed by atoms with Gasteiger partial charge in [-0.3, -0.25) is 0 Å². The number of nitrogens with two attached hydrogens (primary N) is 1. The quantitative estimate of drug-likeness (QED) is 0.635. The van der Waals surface area contributed by atoms with Crippen LogP contribution >= 0.6 is 11.6 Å². The summed E-state index contributed by atoms with van der Waals surface area (Å²) in [6, 6.07) is 3.62. The molecule has 0 heterocycles. The highest BCUT2D eigenvalue weighted by Crippen LogP contribution is 2.26. The van der Waals surface area contributed by atoms with Crippen LogP contribution in [0.15, 0.2) is 12.1 Å². The molecule has 60 valence electrons. The van der Waals surface area contributed by atoms with Gasteiger partial charge in [0.25, 0.3) is 0 Å². The summed E-state index contributed by atoms with van der Waals surface area (Å²) in [7, 11) is 1.84. The number of halogens is 1. The van der Waals surface area contributed by atoms with Crippen LogP contribution in [0.1, 0.15) is 5.56 Å². The molecule has 2 nitrogen and oxygen atoms in total. The normalized spacial score (nSPS) is 9.73. The molecule has 0 saturated carbocycles. The molecule has 0 atom stereocenters. The highest BCUT2D eigenvalue weighted by Gasteiger charge is 2.01. The molecule has 0 unspecified atom stereocenters. The summed E-state index contributed by atoms with van der Waals surface area (Å²) in [6.45, 7) is 1.97. The summed E-state index contributed by atoms with van der Waals surface area (Å²) in [5.41, 5.74) is 8.40. The van der Waals surface area contributed by atoms with Gasteiger partial charge in [0.1, 0.15) is 0 Å². The third-order valence-corrected chi connectivity index (χ3v) is 1.80. The van der Waals surface area contributed by atoms with E-state index in [4.69, 9.17) is 17.3 Å². The van der Waals surface area contributed by atoms with E-state index in [0.717, 1.165) is 11.3 Å². The Morgan fingerprint density at radius 3 is 2.55 bits per heavy atom. The second kappa shape index (κ2) is 3.01. The standard InChI is InChI=1S/C8H11ClN2/c1-5-3-6(9)4-7(10)8(5)11-2/h3-4,11H,10H2,1-2H3. The molecule has 1 aromatic carbocycles. The monoisotopic (exact) mass is 170 g/mol. The molecular weight excluding hydrogens is 160 g/mol. The molecule has 0 bridgehead atoms. The predicted octanol–water partition coefficient (Wildman–Crippen LogP) is 2.27. The predicted molar refractivity (Wildman–Crippen MR) is 50.1 cm³/mol. The second-order valence-electron chi connectivity index (χ2n) is 2.44. The van der Waals surface area contributed by atoms with Crippen molar-refractivity contribution in [2.75, 3.05) is 18.1 Å². The molecule has 3 N–H and O–H groups in total. The number of nitrogen functional groups attached to an aromatic ring is 1. The molecule has 0 aromatic heterocycles. The molecule has 3 heteroatoms.